The minimum Gasteiger partial charge on any atom is -0.382 e. The molecule has 2 aromatic rings. The van der Waals surface area contributed by atoms with Crippen LogP contribution < -0.4 is 15.5 Å². The molecule has 30 heavy (non-hydrogen) atoms. The monoisotopic (exact) mass is 473 g/mol. The van der Waals surface area contributed by atoms with Crippen LogP contribution in [0.2, 0.25) is 0 Å². The predicted octanol–water partition coefficient (Wildman–Crippen LogP) is 4.46. The molecule has 0 aromatic heterocycles. The molecule has 0 unspecified atom stereocenters. The van der Waals surface area contributed by atoms with Crippen molar-refractivity contribution in [3.05, 3.63) is 58.1 Å². The Morgan fingerprint density at radius 2 is 1.83 bits per heavy atom. The van der Waals surface area contributed by atoms with Crippen molar-refractivity contribution in [2.45, 2.75) is 26.2 Å². The molecule has 0 saturated carbocycles. The first-order valence-electron chi connectivity index (χ1n) is 10.4. The molecule has 2 amide bonds. The normalized spacial score (nSPS) is 13.3. The van der Waals surface area contributed by atoms with Crippen molar-refractivity contribution in [2.24, 2.45) is 0 Å². The summed E-state index contributed by atoms with van der Waals surface area (Å²) >= 11 is 3.41. The topological polar surface area (TPSA) is 70.7 Å². The van der Waals surface area contributed by atoms with Crippen molar-refractivity contribution >= 4 is 39.1 Å². The molecule has 1 fully saturated rings. The molecule has 3 rings (SSSR count). The van der Waals surface area contributed by atoms with Crippen molar-refractivity contribution in [1.29, 1.82) is 0 Å². The first-order valence-corrected chi connectivity index (χ1v) is 11.2. The third-order valence-electron chi connectivity index (χ3n) is 5.02. The molecule has 1 aliphatic rings. The molecule has 1 saturated heterocycles. The molecule has 1 aliphatic heterocycles. The largest absolute Gasteiger partial charge is 0.382 e. The van der Waals surface area contributed by atoms with Gasteiger partial charge in [0.25, 0.3) is 11.8 Å². The van der Waals surface area contributed by atoms with Crippen molar-refractivity contribution < 1.29 is 14.3 Å². The van der Waals surface area contributed by atoms with Gasteiger partial charge in [0, 0.05) is 48.7 Å². The highest BCUT2D eigenvalue weighted by molar-refractivity contribution is 9.10. The van der Waals surface area contributed by atoms with Gasteiger partial charge < -0.3 is 20.3 Å². The average molecular weight is 474 g/mol. The minimum absolute atomic E-state index is 0.134. The second kappa shape index (κ2) is 11.1. The summed E-state index contributed by atoms with van der Waals surface area (Å²) in [6.45, 7) is 5.67. The van der Waals surface area contributed by atoms with Gasteiger partial charge >= 0.3 is 0 Å². The van der Waals surface area contributed by atoms with E-state index in [1.54, 1.807) is 12.1 Å². The zero-order valence-electron chi connectivity index (χ0n) is 17.2. The van der Waals surface area contributed by atoms with Crippen LogP contribution in [0.4, 0.5) is 11.4 Å². The van der Waals surface area contributed by atoms with Crippen LogP contribution in [-0.2, 0) is 4.74 Å². The van der Waals surface area contributed by atoms with Crippen LogP contribution in [0.3, 0.4) is 0 Å². The summed E-state index contributed by atoms with van der Waals surface area (Å²) in [7, 11) is 0. The Kier molecular flexibility index (Phi) is 8.28. The van der Waals surface area contributed by atoms with E-state index in [1.807, 2.05) is 37.3 Å². The van der Waals surface area contributed by atoms with Gasteiger partial charge in [-0.1, -0.05) is 12.1 Å². The SMILES string of the molecule is CCOCCCNC(=O)c1cc(NC(=O)c2ccccc2Br)ccc1N1CCCC1. The van der Waals surface area contributed by atoms with Gasteiger partial charge in [-0.3, -0.25) is 9.59 Å². The second-order valence-corrected chi connectivity index (χ2v) is 8.02. The smallest absolute Gasteiger partial charge is 0.256 e. The first-order chi connectivity index (χ1) is 14.6. The summed E-state index contributed by atoms with van der Waals surface area (Å²) in [4.78, 5) is 27.8. The Labute approximate surface area is 186 Å². The van der Waals surface area contributed by atoms with E-state index in [0.717, 1.165) is 42.5 Å². The average Bonchev–Trinajstić information content (AvgIpc) is 3.28. The second-order valence-electron chi connectivity index (χ2n) is 7.17. The van der Waals surface area contributed by atoms with Crippen LogP contribution in [0.5, 0.6) is 0 Å². The maximum Gasteiger partial charge on any atom is 0.256 e. The standard InChI is InChI=1S/C23H28BrN3O3/c1-2-30-15-7-12-25-22(28)19-16-17(10-11-21(19)27-13-5-6-14-27)26-23(29)18-8-3-4-9-20(18)24/h3-4,8-11,16H,2,5-7,12-15H2,1H3,(H,25,28)(H,26,29). The molecule has 1 heterocycles. The molecule has 0 radical (unpaired) electrons. The van der Waals surface area contributed by atoms with Crippen LogP contribution in [0.1, 0.15) is 46.9 Å². The summed E-state index contributed by atoms with van der Waals surface area (Å²) in [5.74, 6) is -0.357. The number of rotatable bonds is 9. The lowest BCUT2D eigenvalue weighted by Gasteiger charge is -2.22. The zero-order valence-corrected chi connectivity index (χ0v) is 18.8. The lowest BCUT2D eigenvalue weighted by molar-refractivity contribution is 0.0943. The lowest BCUT2D eigenvalue weighted by Crippen LogP contribution is -2.29. The maximum absolute atomic E-state index is 12.9. The molecule has 6 nitrogen and oxygen atoms in total. The molecule has 0 bridgehead atoms. The molecule has 7 heteroatoms. The van der Waals surface area contributed by atoms with Gasteiger partial charge in [0.05, 0.1) is 11.1 Å². The number of carbonyl (C=O) groups excluding carboxylic acids is 2. The van der Waals surface area contributed by atoms with E-state index < -0.39 is 0 Å². The van der Waals surface area contributed by atoms with Gasteiger partial charge in [-0.05, 0) is 72.4 Å². The number of hydrogen-bond donors (Lipinski definition) is 2. The summed E-state index contributed by atoms with van der Waals surface area (Å²) in [6.07, 6.45) is 3.00. The van der Waals surface area contributed by atoms with E-state index in [2.05, 4.69) is 31.5 Å². The van der Waals surface area contributed by atoms with E-state index >= 15 is 0 Å². The molecule has 0 spiro atoms. The summed E-state index contributed by atoms with van der Waals surface area (Å²) in [5.41, 5.74) is 2.63. The Hall–Kier alpha value is -2.38. The van der Waals surface area contributed by atoms with Crippen LogP contribution in [0.25, 0.3) is 0 Å². The van der Waals surface area contributed by atoms with Crippen molar-refractivity contribution in [3.8, 4) is 0 Å². The molecule has 2 aromatic carbocycles. The van der Waals surface area contributed by atoms with Gasteiger partial charge in [-0.15, -0.1) is 0 Å². The highest BCUT2D eigenvalue weighted by Gasteiger charge is 2.20. The number of nitrogens with zero attached hydrogens (tertiary/aromatic N) is 1. The summed E-state index contributed by atoms with van der Waals surface area (Å²) in [5, 5.41) is 5.89. The quantitative estimate of drug-likeness (QED) is 0.527. The van der Waals surface area contributed by atoms with E-state index in [0.29, 0.717) is 36.6 Å². The lowest BCUT2D eigenvalue weighted by atomic mass is 10.1. The number of amides is 2. The van der Waals surface area contributed by atoms with Crippen molar-refractivity contribution in [2.75, 3.05) is 43.1 Å². The van der Waals surface area contributed by atoms with E-state index in [1.165, 1.54) is 0 Å². The molecular weight excluding hydrogens is 446 g/mol. The summed E-state index contributed by atoms with van der Waals surface area (Å²) < 4.78 is 6.06. The van der Waals surface area contributed by atoms with Crippen molar-refractivity contribution in [1.82, 2.24) is 5.32 Å². The first kappa shape index (κ1) is 22.3. The Balaban J connectivity index is 1.77. The van der Waals surface area contributed by atoms with Gasteiger partial charge in [-0.25, -0.2) is 0 Å². The number of halogens is 1. The predicted molar refractivity (Wildman–Crippen MR) is 123 cm³/mol. The molecule has 0 aliphatic carbocycles. The Morgan fingerprint density at radius 3 is 2.57 bits per heavy atom. The van der Waals surface area contributed by atoms with Gasteiger partial charge in [0.15, 0.2) is 0 Å². The van der Waals surface area contributed by atoms with Crippen molar-refractivity contribution in [3.63, 3.8) is 0 Å². The highest BCUT2D eigenvalue weighted by atomic mass is 79.9. The molecule has 2 N–H and O–H groups in total. The van der Waals surface area contributed by atoms with Gasteiger partial charge in [0.1, 0.15) is 0 Å². The number of benzene rings is 2. The number of nitrogens with one attached hydrogen (secondary N) is 2. The summed E-state index contributed by atoms with van der Waals surface area (Å²) in [6, 6.07) is 12.8. The zero-order chi connectivity index (χ0) is 21.3. The fourth-order valence-corrected chi connectivity index (χ4v) is 3.95. The van der Waals surface area contributed by atoms with Gasteiger partial charge in [-0.2, -0.15) is 0 Å². The van der Waals surface area contributed by atoms with E-state index in [4.69, 9.17) is 4.74 Å². The number of anilines is 2. The third-order valence-corrected chi connectivity index (χ3v) is 5.71. The Morgan fingerprint density at radius 1 is 1.07 bits per heavy atom. The number of ether oxygens (including phenoxy) is 1. The number of hydrogen-bond acceptors (Lipinski definition) is 4. The van der Waals surface area contributed by atoms with Crippen LogP contribution >= 0.6 is 15.9 Å². The van der Waals surface area contributed by atoms with E-state index in [9.17, 15) is 9.59 Å². The van der Waals surface area contributed by atoms with E-state index in [-0.39, 0.29) is 11.8 Å². The number of carbonyl (C=O) groups is 2. The molecule has 160 valence electrons. The minimum atomic E-state index is -0.223. The Bertz CT molecular complexity index is 882. The maximum atomic E-state index is 12.9. The fraction of sp³-hybridized carbons (Fsp3) is 0.391. The fourth-order valence-electron chi connectivity index (χ4n) is 3.49. The van der Waals surface area contributed by atoms with Crippen LogP contribution in [0, 0.1) is 0 Å². The van der Waals surface area contributed by atoms with Gasteiger partial charge in [0.2, 0.25) is 0 Å². The molecule has 0 atom stereocenters. The third kappa shape index (κ3) is 5.83. The van der Waals surface area contributed by atoms with Crippen LogP contribution in [0.15, 0.2) is 46.9 Å². The molecular formula is C23H28BrN3O3. The highest BCUT2D eigenvalue weighted by Crippen LogP contribution is 2.28. The van der Waals surface area contributed by atoms with Crippen LogP contribution in [-0.4, -0.2) is 44.7 Å².